The summed E-state index contributed by atoms with van der Waals surface area (Å²) < 4.78 is 32.4. The minimum absolute atomic E-state index is 0.0204. The highest BCUT2D eigenvalue weighted by molar-refractivity contribution is 7.89. The molecule has 0 spiro atoms. The number of anilines is 1. The molecule has 7 nitrogen and oxygen atoms in total. The molecule has 1 heterocycles. The molecule has 1 atom stereocenters. The van der Waals surface area contributed by atoms with Crippen LogP contribution in [0.25, 0.3) is 0 Å². The quantitative estimate of drug-likeness (QED) is 0.483. The van der Waals surface area contributed by atoms with Gasteiger partial charge in [0.15, 0.2) is 5.96 Å². The van der Waals surface area contributed by atoms with Crippen molar-refractivity contribution in [3.05, 3.63) is 29.3 Å². The summed E-state index contributed by atoms with van der Waals surface area (Å²) >= 11 is 0. The van der Waals surface area contributed by atoms with Gasteiger partial charge in [0.2, 0.25) is 10.0 Å². The number of guanidine groups is 1. The smallest absolute Gasteiger partial charge is 0.213 e. The van der Waals surface area contributed by atoms with Crippen LogP contribution in [-0.4, -0.2) is 45.9 Å². The van der Waals surface area contributed by atoms with Crippen LogP contribution in [-0.2, 0) is 27.6 Å². The minimum atomic E-state index is -3.38. The number of nitrogens with one attached hydrogen (secondary N) is 2. The maximum atomic E-state index is 12.1. The summed E-state index contributed by atoms with van der Waals surface area (Å²) in [6.45, 7) is 1.16. The Morgan fingerprint density at radius 3 is 2.89 bits per heavy atom. The summed E-state index contributed by atoms with van der Waals surface area (Å²) in [4.78, 5) is 4.18. The van der Waals surface area contributed by atoms with E-state index in [9.17, 15) is 8.42 Å². The summed E-state index contributed by atoms with van der Waals surface area (Å²) in [6, 6.07) is 6.16. The first-order valence-corrected chi connectivity index (χ1v) is 11.5. The largest absolute Gasteiger partial charge is 0.377 e. The van der Waals surface area contributed by atoms with Crippen LogP contribution in [0.2, 0.25) is 0 Å². The second kappa shape index (κ2) is 9.52. The van der Waals surface area contributed by atoms with Crippen LogP contribution in [0, 0.1) is 0 Å². The monoisotopic (exact) mass is 394 g/mol. The molecular weight excluding hydrogens is 364 g/mol. The van der Waals surface area contributed by atoms with Crippen molar-refractivity contribution in [1.82, 2.24) is 4.72 Å². The van der Waals surface area contributed by atoms with Gasteiger partial charge in [-0.05, 0) is 62.1 Å². The third-order valence-electron chi connectivity index (χ3n) is 5.11. The van der Waals surface area contributed by atoms with E-state index in [1.807, 2.05) is 12.1 Å². The van der Waals surface area contributed by atoms with Crippen LogP contribution in [0.3, 0.4) is 0 Å². The third kappa shape index (κ3) is 6.19. The Morgan fingerprint density at radius 1 is 1.22 bits per heavy atom. The highest BCUT2D eigenvalue weighted by Crippen LogP contribution is 2.27. The first kappa shape index (κ1) is 20.1. The van der Waals surface area contributed by atoms with Gasteiger partial charge < -0.3 is 15.8 Å². The lowest BCUT2D eigenvalue weighted by atomic mass is 9.90. The average Bonchev–Trinajstić information content (AvgIpc) is 2.67. The van der Waals surface area contributed by atoms with Gasteiger partial charge in [-0.2, -0.15) is 0 Å². The molecule has 1 saturated heterocycles. The molecule has 1 aliphatic heterocycles. The van der Waals surface area contributed by atoms with Crippen LogP contribution in [0.4, 0.5) is 5.69 Å². The number of aliphatic imine (C=N–C) groups is 1. The predicted octanol–water partition coefficient (Wildman–Crippen LogP) is 1.78. The van der Waals surface area contributed by atoms with Crippen molar-refractivity contribution in [2.45, 2.75) is 51.0 Å². The van der Waals surface area contributed by atoms with E-state index in [0.717, 1.165) is 37.8 Å². The SMILES string of the molecule is NC(=NCCS(=O)(=O)NCC1CCCCO1)Nc1cccc2c1CCCC2. The third-order valence-corrected chi connectivity index (χ3v) is 6.43. The topological polar surface area (TPSA) is 106 Å². The Kier molecular flexibility index (Phi) is 7.09. The number of sulfonamides is 1. The molecule has 0 saturated carbocycles. The molecular formula is C19H30N4O3S. The molecule has 2 aliphatic rings. The predicted molar refractivity (Wildman–Crippen MR) is 109 cm³/mol. The molecule has 0 aromatic heterocycles. The van der Waals surface area contributed by atoms with E-state index in [1.54, 1.807) is 0 Å². The number of nitrogens with zero attached hydrogens (tertiary/aromatic N) is 1. The van der Waals surface area contributed by atoms with E-state index in [-0.39, 0.29) is 24.4 Å². The highest BCUT2D eigenvalue weighted by atomic mass is 32.2. The van der Waals surface area contributed by atoms with Crippen molar-refractivity contribution in [3.63, 3.8) is 0 Å². The van der Waals surface area contributed by atoms with Gasteiger partial charge in [-0.15, -0.1) is 0 Å². The van der Waals surface area contributed by atoms with Gasteiger partial charge >= 0.3 is 0 Å². The van der Waals surface area contributed by atoms with Gasteiger partial charge in [0.1, 0.15) is 0 Å². The van der Waals surface area contributed by atoms with Crippen LogP contribution in [0.5, 0.6) is 0 Å². The van der Waals surface area contributed by atoms with E-state index < -0.39 is 10.0 Å². The number of aryl methyl sites for hydroxylation is 1. The number of hydrogen-bond donors (Lipinski definition) is 3. The van der Waals surface area contributed by atoms with Gasteiger partial charge in [-0.25, -0.2) is 13.1 Å². The van der Waals surface area contributed by atoms with Crippen molar-refractivity contribution in [2.24, 2.45) is 10.7 Å². The van der Waals surface area contributed by atoms with E-state index >= 15 is 0 Å². The van der Waals surface area contributed by atoms with Crippen LogP contribution >= 0.6 is 0 Å². The molecule has 8 heteroatoms. The Hall–Kier alpha value is -1.64. The first-order chi connectivity index (χ1) is 13.0. The van der Waals surface area contributed by atoms with Gasteiger partial charge in [-0.1, -0.05) is 12.1 Å². The molecule has 4 N–H and O–H groups in total. The molecule has 0 radical (unpaired) electrons. The number of rotatable bonds is 7. The highest BCUT2D eigenvalue weighted by Gasteiger charge is 2.17. The molecule has 1 aromatic carbocycles. The molecule has 0 bridgehead atoms. The lowest BCUT2D eigenvalue weighted by Gasteiger charge is -2.22. The Bertz CT molecular complexity index is 758. The van der Waals surface area contributed by atoms with E-state index in [4.69, 9.17) is 10.5 Å². The molecule has 1 aliphatic carbocycles. The summed E-state index contributed by atoms with van der Waals surface area (Å²) in [7, 11) is -3.38. The van der Waals surface area contributed by atoms with Crippen molar-refractivity contribution in [2.75, 3.05) is 30.8 Å². The Balaban J connectivity index is 1.47. The number of ether oxygens (including phenoxy) is 1. The second-order valence-corrected chi connectivity index (χ2v) is 9.12. The maximum Gasteiger partial charge on any atom is 0.213 e. The lowest BCUT2D eigenvalue weighted by molar-refractivity contribution is 0.0200. The number of hydrogen-bond acceptors (Lipinski definition) is 4. The maximum absolute atomic E-state index is 12.1. The molecule has 1 aromatic rings. The zero-order valence-corrected chi connectivity index (χ0v) is 16.6. The van der Waals surface area contributed by atoms with Gasteiger partial charge in [-0.3, -0.25) is 4.99 Å². The number of nitrogens with two attached hydrogens (primary N) is 1. The summed E-state index contributed by atoms with van der Waals surface area (Å²) in [6.07, 6.45) is 7.54. The number of fused-ring (bicyclic) bond motifs is 1. The van der Waals surface area contributed by atoms with Crippen LogP contribution in [0.15, 0.2) is 23.2 Å². The molecule has 1 unspecified atom stereocenters. The fourth-order valence-electron chi connectivity index (χ4n) is 3.62. The number of benzene rings is 1. The van der Waals surface area contributed by atoms with E-state index in [0.29, 0.717) is 13.2 Å². The molecule has 150 valence electrons. The zero-order valence-electron chi connectivity index (χ0n) is 15.7. The standard InChI is InChI=1S/C19H30N4O3S/c20-19(23-18-10-5-7-15-6-1-2-9-17(15)18)21-11-13-27(24,25)22-14-16-8-3-4-12-26-16/h5,7,10,16,22H,1-4,6,8-9,11-14H2,(H3,20,21,23). The van der Waals surface area contributed by atoms with Crippen molar-refractivity contribution in [1.29, 1.82) is 0 Å². The van der Waals surface area contributed by atoms with Crippen molar-refractivity contribution in [3.8, 4) is 0 Å². The van der Waals surface area contributed by atoms with Crippen LogP contribution < -0.4 is 15.8 Å². The van der Waals surface area contributed by atoms with Gasteiger partial charge in [0.25, 0.3) is 0 Å². The fraction of sp³-hybridized carbons (Fsp3) is 0.632. The fourth-order valence-corrected chi connectivity index (χ4v) is 4.54. The molecule has 1 fully saturated rings. The molecule has 27 heavy (non-hydrogen) atoms. The van der Waals surface area contributed by atoms with Gasteiger partial charge in [0, 0.05) is 18.8 Å². The minimum Gasteiger partial charge on any atom is -0.377 e. The van der Waals surface area contributed by atoms with Crippen LogP contribution in [0.1, 0.15) is 43.2 Å². The van der Waals surface area contributed by atoms with Gasteiger partial charge in [0.05, 0.1) is 18.4 Å². The summed E-state index contributed by atoms with van der Waals surface area (Å²) in [5, 5.41) is 3.13. The normalized spacial score (nSPS) is 20.9. The zero-order chi connectivity index (χ0) is 19.1. The molecule has 0 amide bonds. The average molecular weight is 395 g/mol. The van der Waals surface area contributed by atoms with E-state index in [1.165, 1.54) is 24.0 Å². The van der Waals surface area contributed by atoms with Crippen molar-refractivity contribution >= 4 is 21.7 Å². The lowest BCUT2D eigenvalue weighted by Crippen LogP contribution is -2.37. The summed E-state index contributed by atoms with van der Waals surface area (Å²) in [5.41, 5.74) is 9.59. The van der Waals surface area contributed by atoms with E-state index in [2.05, 4.69) is 21.1 Å². The second-order valence-electron chi connectivity index (χ2n) is 7.20. The summed E-state index contributed by atoms with van der Waals surface area (Å²) in [5.74, 6) is 0.162. The Labute approximate surface area is 161 Å². The first-order valence-electron chi connectivity index (χ1n) is 9.80. The molecule has 3 rings (SSSR count). The van der Waals surface area contributed by atoms with Crippen molar-refractivity contribution < 1.29 is 13.2 Å². The Morgan fingerprint density at radius 2 is 2.07 bits per heavy atom.